The Morgan fingerprint density at radius 2 is 2.11 bits per heavy atom. The standard InChI is InChI=1S/C20H23N5O2S/c1-5-25(8-10-27-11-9-26)16-6-7-18(14(2)12-16)23-24-20-17(13-21)15(3)19(22-4)28-20/h6-7,12,26H,5,8-11H2,1-3H3. The van der Waals surface area contributed by atoms with Gasteiger partial charge in [-0.05, 0) is 50.1 Å². The molecule has 1 aromatic heterocycles. The van der Waals surface area contributed by atoms with E-state index in [4.69, 9.17) is 16.4 Å². The van der Waals surface area contributed by atoms with E-state index in [9.17, 15) is 5.26 Å². The van der Waals surface area contributed by atoms with E-state index in [1.165, 1.54) is 11.3 Å². The predicted octanol–water partition coefficient (Wildman–Crippen LogP) is 5.04. The fourth-order valence-electron chi connectivity index (χ4n) is 2.65. The van der Waals surface area contributed by atoms with Crippen molar-refractivity contribution < 1.29 is 9.84 Å². The molecular formula is C20H23N5O2S. The Bertz CT molecular complexity index is 924. The Morgan fingerprint density at radius 3 is 2.71 bits per heavy atom. The van der Waals surface area contributed by atoms with E-state index in [0.717, 1.165) is 30.0 Å². The number of hydrogen-bond acceptors (Lipinski definition) is 7. The molecule has 0 fully saturated rings. The van der Waals surface area contributed by atoms with E-state index in [-0.39, 0.29) is 6.61 Å². The number of nitriles is 1. The van der Waals surface area contributed by atoms with Crippen LogP contribution in [0.1, 0.15) is 23.6 Å². The number of rotatable bonds is 9. The van der Waals surface area contributed by atoms with Crippen molar-refractivity contribution in [3.63, 3.8) is 0 Å². The lowest BCUT2D eigenvalue weighted by atomic mass is 10.1. The number of ether oxygens (including phenoxy) is 1. The van der Waals surface area contributed by atoms with Gasteiger partial charge in [-0.25, -0.2) is 4.85 Å². The molecule has 2 aromatic rings. The highest BCUT2D eigenvalue weighted by Gasteiger charge is 2.14. The van der Waals surface area contributed by atoms with Crippen molar-refractivity contribution in [3.8, 4) is 6.07 Å². The molecule has 1 heterocycles. The zero-order chi connectivity index (χ0) is 20.5. The first-order valence-electron chi connectivity index (χ1n) is 8.92. The summed E-state index contributed by atoms with van der Waals surface area (Å²) in [7, 11) is 0. The zero-order valence-electron chi connectivity index (χ0n) is 16.3. The molecule has 0 unspecified atom stereocenters. The van der Waals surface area contributed by atoms with E-state index in [0.29, 0.717) is 34.3 Å². The number of likely N-dealkylation sites (N-methyl/N-ethyl adjacent to an activating group) is 1. The summed E-state index contributed by atoms with van der Waals surface area (Å²) in [5, 5.41) is 27.5. The molecule has 0 atom stereocenters. The number of azo groups is 1. The van der Waals surface area contributed by atoms with Crippen molar-refractivity contribution in [2.45, 2.75) is 20.8 Å². The minimum absolute atomic E-state index is 0.0274. The number of aryl methyl sites for hydroxylation is 1. The Balaban J connectivity index is 2.18. The number of thiophene rings is 1. The monoisotopic (exact) mass is 397 g/mol. The minimum Gasteiger partial charge on any atom is -0.394 e. The molecular weight excluding hydrogens is 374 g/mol. The second kappa shape index (κ2) is 10.5. The first kappa shape index (κ1) is 21.5. The van der Waals surface area contributed by atoms with Gasteiger partial charge in [-0.2, -0.15) is 5.26 Å². The van der Waals surface area contributed by atoms with Gasteiger partial charge in [-0.15, -0.1) is 21.6 Å². The van der Waals surface area contributed by atoms with E-state index in [1.54, 1.807) is 6.92 Å². The number of nitrogens with zero attached hydrogens (tertiary/aromatic N) is 5. The smallest absolute Gasteiger partial charge is 0.247 e. The van der Waals surface area contributed by atoms with Crippen LogP contribution in [0.5, 0.6) is 0 Å². The minimum atomic E-state index is 0.0274. The van der Waals surface area contributed by atoms with Crippen LogP contribution < -0.4 is 4.90 Å². The number of aliphatic hydroxyl groups excluding tert-OH is 1. The van der Waals surface area contributed by atoms with E-state index >= 15 is 0 Å². The highest BCUT2D eigenvalue weighted by atomic mass is 32.1. The molecule has 146 valence electrons. The molecule has 1 N–H and O–H groups in total. The normalized spacial score (nSPS) is 10.8. The lowest BCUT2D eigenvalue weighted by molar-refractivity contribution is 0.0967. The quantitative estimate of drug-likeness (QED) is 0.365. The molecule has 0 saturated heterocycles. The predicted molar refractivity (Wildman–Crippen MR) is 111 cm³/mol. The summed E-state index contributed by atoms with van der Waals surface area (Å²) in [6.45, 7) is 15.5. The number of hydrogen-bond donors (Lipinski definition) is 1. The van der Waals surface area contributed by atoms with E-state index < -0.39 is 0 Å². The zero-order valence-corrected chi connectivity index (χ0v) is 17.1. The number of anilines is 1. The summed E-state index contributed by atoms with van der Waals surface area (Å²) in [5.74, 6) is 0. The van der Waals surface area contributed by atoms with Gasteiger partial charge >= 0.3 is 0 Å². The van der Waals surface area contributed by atoms with Crippen LogP contribution in [0, 0.1) is 31.8 Å². The van der Waals surface area contributed by atoms with Crippen LogP contribution in [0.25, 0.3) is 4.85 Å². The first-order chi connectivity index (χ1) is 13.5. The third-order valence-corrected chi connectivity index (χ3v) is 5.30. The average Bonchev–Trinajstić information content (AvgIpc) is 3.01. The summed E-state index contributed by atoms with van der Waals surface area (Å²) in [6.07, 6.45) is 0. The second-order valence-electron chi connectivity index (χ2n) is 6.02. The average molecular weight is 398 g/mol. The Morgan fingerprint density at radius 1 is 1.32 bits per heavy atom. The molecule has 0 radical (unpaired) electrons. The summed E-state index contributed by atoms with van der Waals surface area (Å²) >= 11 is 1.18. The highest BCUT2D eigenvalue weighted by Crippen LogP contribution is 2.41. The van der Waals surface area contributed by atoms with E-state index in [2.05, 4.69) is 33.0 Å². The molecule has 8 heteroatoms. The van der Waals surface area contributed by atoms with Gasteiger partial charge in [0.1, 0.15) is 11.1 Å². The van der Waals surface area contributed by atoms with Crippen molar-refractivity contribution in [3.05, 3.63) is 46.3 Å². The van der Waals surface area contributed by atoms with Gasteiger partial charge in [-0.1, -0.05) is 0 Å². The van der Waals surface area contributed by atoms with Crippen LogP contribution in [-0.4, -0.2) is 38.0 Å². The molecule has 0 spiro atoms. The molecule has 1 aromatic carbocycles. The molecule has 0 saturated carbocycles. The van der Waals surface area contributed by atoms with Gasteiger partial charge in [0.15, 0.2) is 0 Å². The van der Waals surface area contributed by atoms with Crippen LogP contribution in [0.3, 0.4) is 0 Å². The largest absolute Gasteiger partial charge is 0.394 e. The fourth-order valence-corrected chi connectivity index (χ4v) is 3.52. The van der Waals surface area contributed by atoms with Gasteiger partial charge in [0.2, 0.25) is 5.00 Å². The first-order valence-corrected chi connectivity index (χ1v) is 9.74. The van der Waals surface area contributed by atoms with Gasteiger partial charge in [0, 0.05) is 18.8 Å². The molecule has 0 aliphatic carbocycles. The summed E-state index contributed by atoms with van der Waals surface area (Å²) in [4.78, 5) is 5.62. The van der Waals surface area contributed by atoms with Crippen LogP contribution in [-0.2, 0) is 4.74 Å². The van der Waals surface area contributed by atoms with Crippen LogP contribution in [0.4, 0.5) is 21.4 Å². The van der Waals surface area contributed by atoms with Gasteiger partial charge in [0.25, 0.3) is 0 Å². The van der Waals surface area contributed by atoms with Gasteiger partial charge in [0.05, 0.1) is 37.6 Å². The highest BCUT2D eigenvalue weighted by molar-refractivity contribution is 7.20. The third-order valence-electron chi connectivity index (χ3n) is 4.23. The maximum atomic E-state index is 9.31. The molecule has 28 heavy (non-hydrogen) atoms. The van der Waals surface area contributed by atoms with Gasteiger partial charge in [-0.3, -0.25) is 0 Å². The lowest BCUT2D eigenvalue weighted by Crippen LogP contribution is -2.27. The van der Waals surface area contributed by atoms with E-state index in [1.807, 2.05) is 25.1 Å². The van der Waals surface area contributed by atoms with Crippen LogP contribution in [0.15, 0.2) is 28.4 Å². The summed E-state index contributed by atoms with van der Waals surface area (Å²) < 4.78 is 5.35. The van der Waals surface area contributed by atoms with Crippen LogP contribution in [0.2, 0.25) is 0 Å². The molecule has 0 amide bonds. The molecule has 0 aliphatic rings. The lowest BCUT2D eigenvalue weighted by Gasteiger charge is -2.23. The van der Waals surface area contributed by atoms with Crippen molar-refractivity contribution in [1.82, 2.24) is 0 Å². The Kier molecular flexibility index (Phi) is 8.09. The van der Waals surface area contributed by atoms with Gasteiger partial charge < -0.3 is 14.7 Å². The number of aliphatic hydroxyl groups is 1. The SMILES string of the molecule is [C-]#[N+]c1sc(N=Nc2ccc(N(CC)CCOCCO)cc2C)c(C#N)c1C. The maximum Gasteiger partial charge on any atom is 0.247 e. The topological polar surface area (TPSA) is 85.6 Å². The Hall–Kier alpha value is -2.78. The molecule has 0 bridgehead atoms. The molecule has 2 rings (SSSR count). The van der Waals surface area contributed by atoms with Crippen molar-refractivity contribution in [1.29, 1.82) is 5.26 Å². The van der Waals surface area contributed by atoms with Crippen molar-refractivity contribution in [2.24, 2.45) is 10.2 Å². The second-order valence-corrected chi connectivity index (χ2v) is 7.00. The third kappa shape index (κ3) is 5.14. The molecule has 7 nitrogen and oxygen atoms in total. The summed E-state index contributed by atoms with van der Waals surface area (Å²) in [5.41, 5.74) is 3.81. The number of benzene rings is 1. The summed E-state index contributed by atoms with van der Waals surface area (Å²) in [6, 6.07) is 8.02. The van der Waals surface area contributed by atoms with Crippen molar-refractivity contribution >= 4 is 32.7 Å². The van der Waals surface area contributed by atoms with Crippen LogP contribution >= 0.6 is 11.3 Å². The molecule has 0 aliphatic heterocycles. The maximum absolute atomic E-state index is 9.31. The van der Waals surface area contributed by atoms with Crippen molar-refractivity contribution in [2.75, 3.05) is 37.8 Å². The Labute approximate surface area is 169 Å². The fraction of sp³-hybridized carbons (Fsp3) is 0.400.